The van der Waals surface area contributed by atoms with Crippen molar-refractivity contribution < 1.29 is 19.1 Å². The van der Waals surface area contributed by atoms with Crippen LogP contribution >= 0.6 is 11.3 Å². The van der Waals surface area contributed by atoms with Crippen LogP contribution in [0.1, 0.15) is 38.8 Å². The predicted molar refractivity (Wildman–Crippen MR) is 123 cm³/mol. The van der Waals surface area contributed by atoms with E-state index in [9.17, 15) is 9.59 Å². The van der Waals surface area contributed by atoms with Crippen LogP contribution in [0.5, 0.6) is 11.5 Å². The number of amides is 2. The maximum atomic E-state index is 12.7. The number of rotatable bonds is 6. The first-order valence-electron chi connectivity index (χ1n) is 10.1. The summed E-state index contributed by atoms with van der Waals surface area (Å²) in [5.74, 6) is 0.630. The second kappa shape index (κ2) is 8.96. The Bertz CT molecular complexity index is 1160. The quantitative estimate of drug-likeness (QED) is 0.609. The molecule has 0 unspecified atom stereocenters. The zero-order chi connectivity index (χ0) is 22.8. The number of aromatic nitrogens is 2. The SMILES string of the molecule is COc1ccc(C(=O)Nc2nnc([C@@H]3CC(=O)N(c4cc(C)cc(C)c4)C3)s2)c(OC)c1. The number of aryl methyl sites for hydroxylation is 2. The molecule has 8 nitrogen and oxygen atoms in total. The van der Waals surface area contributed by atoms with Crippen LogP contribution in [0.15, 0.2) is 36.4 Å². The summed E-state index contributed by atoms with van der Waals surface area (Å²) >= 11 is 1.28. The van der Waals surface area contributed by atoms with Gasteiger partial charge >= 0.3 is 0 Å². The van der Waals surface area contributed by atoms with Gasteiger partial charge in [0.1, 0.15) is 16.5 Å². The Morgan fingerprint density at radius 3 is 2.53 bits per heavy atom. The lowest BCUT2D eigenvalue weighted by Gasteiger charge is -2.17. The minimum atomic E-state index is -0.355. The first kappa shape index (κ1) is 21.8. The Morgan fingerprint density at radius 2 is 1.84 bits per heavy atom. The van der Waals surface area contributed by atoms with Gasteiger partial charge in [-0.05, 0) is 49.2 Å². The summed E-state index contributed by atoms with van der Waals surface area (Å²) < 4.78 is 10.5. The topological polar surface area (TPSA) is 93.7 Å². The van der Waals surface area contributed by atoms with Gasteiger partial charge in [0.15, 0.2) is 0 Å². The third-order valence-electron chi connectivity index (χ3n) is 5.31. The van der Waals surface area contributed by atoms with Crippen LogP contribution in [-0.4, -0.2) is 42.8 Å². The summed E-state index contributed by atoms with van der Waals surface area (Å²) in [6.07, 6.45) is 0.363. The van der Waals surface area contributed by atoms with Crippen molar-refractivity contribution >= 4 is 34.0 Å². The van der Waals surface area contributed by atoms with E-state index in [2.05, 4.69) is 21.6 Å². The highest BCUT2D eigenvalue weighted by atomic mass is 32.1. The number of anilines is 2. The molecule has 166 valence electrons. The van der Waals surface area contributed by atoms with Crippen LogP contribution in [0.4, 0.5) is 10.8 Å². The van der Waals surface area contributed by atoms with Crippen molar-refractivity contribution in [3.63, 3.8) is 0 Å². The molecule has 1 N–H and O–H groups in total. The first-order valence-corrected chi connectivity index (χ1v) is 10.9. The van der Waals surface area contributed by atoms with Crippen LogP contribution in [0.2, 0.25) is 0 Å². The Morgan fingerprint density at radius 1 is 1.09 bits per heavy atom. The number of hydrogen-bond acceptors (Lipinski definition) is 7. The Kier molecular flexibility index (Phi) is 6.09. The molecule has 1 aliphatic rings. The van der Waals surface area contributed by atoms with Crippen molar-refractivity contribution in [1.82, 2.24) is 10.2 Å². The molecule has 32 heavy (non-hydrogen) atoms. The van der Waals surface area contributed by atoms with Crippen LogP contribution in [0, 0.1) is 13.8 Å². The minimum absolute atomic E-state index is 0.0590. The van der Waals surface area contributed by atoms with Gasteiger partial charge in [0.25, 0.3) is 5.91 Å². The van der Waals surface area contributed by atoms with E-state index in [4.69, 9.17) is 9.47 Å². The normalized spacial score (nSPS) is 15.7. The van der Waals surface area contributed by atoms with Crippen molar-refractivity contribution in [3.05, 3.63) is 58.1 Å². The monoisotopic (exact) mass is 452 g/mol. The van der Waals surface area contributed by atoms with Crippen molar-refractivity contribution in [2.75, 3.05) is 31.0 Å². The lowest BCUT2D eigenvalue weighted by Crippen LogP contribution is -2.24. The van der Waals surface area contributed by atoms with Crippen LogP contribution in [0.3, 0.4) is 0 Å². The molecule has 0 spiro atoms. The summed E-state index contributed by atoms with van der Waals surface area (Å²) in [5, 5.41) is 12.2. The highest BCUT2D eigenvalue weighted by Crippen LogP contribution is 2.35. The van der Waals surface area contributed by atoms with Gasteiger partial charge in [0, 0.05) is 30.6 Å². The van der Waals surface area contributed by atoms with E-state index in [0.29, 0.717) is 35.2 Å². The summed E-state index contributed by atoms with van der Waals surface area (Å²) in [6, 6.07) is 11.1. The Balaban J connectivity index is 1.47. The number of carbonyl (C=O) groups excluding carboxylic acids is 2. The van der Waals surface area contributed by atoms with Gasteiger partial charge in [0.05, 0.1) is 19.8 Å². The molecule has 2 amide bonds. The number of methoxy groups -OCH3 is 2. The molecular formula is C23H24N4O4S. The largest absolute Gasteiger partial charge is 0.497 e. The molecule has 0 aliphatic carbocycles. The average Bonchev–Trinajstić information content (AvgIpc) is 3.39. The number of benzene rings is 2. The lowest BCUT2D eigenvalue weighted by molar-refractivity contribution is -0.117. The Hall–Kier alpha value is -3.46. The van der Waals surface area contributed by atoms with Gasteiger partial charge in [-0.3, -0.25) is 14.9 Å². The van der Waals surface area contributed by atoms with E-state index in [1.807, 2.05) is 26.0 Å². The van der Waals surface area contributed by atoms with Gasteiger partial charge in [0.2, 0.25) is 11.0 Å². The van der Waals surface area contributed by atoms with Crippen LogP contribution < -0.4 is 19.7 Å². The van der Waals surface area contributed by atoms with Crippen molar-refractivity contribution in [2.24, 2.45) is 0 Å². The van der Waals surface area contributed by atoms with E-state index < -0.39 is 0 Å². The van der Waals surface area contributed by atoms with Crippen LogP contribution in [-0.2, 0) is 4.79 Å². The van der Waals surface area contributed by atoms with E-state index in [1.54, 1.807) is 30.2 Å². The highest BCUT2D eigenvalue weighted by Gasteiger charge is 2.34. The van der Waals surface area contributed by atoms with Gasteiger partial charge < -0.3 is 14.4 Å². The lowest BCUT2D eigenvalue weighted by atomic mass is 10.1. The third kappa shape index (κ3) is 4.43. The molecule has 1 fully saturated rings. The maximum Gasteiger partial charge on any atom is 0.261 e. The standard InChI is InChI=1S/C23H24N4O4S/c1-13-7-14(2)9-16(8-13)27-12-15(10-20(27)28)22-25-26-23(32-22)24-21(29)18-6-5-17(30-3)11-19(18)31-4/h5-9,11,15H,10,12H2,1-4H3,(H,24,26,29)/t15-/m1/s1. The molecule has 9 heteroatoms. The predicted octanol–water partition coefficient (Wildman–Crippen LogP) is 3.94. The molecule has 1 atom stereocenters. The molecule has 1 aromatic heterocycles. The smallest absolute Gasteiger partial charge is 0.261 e. The van der Waals surface area contributed by atoms with Crippen molar-refractivity contribution in [1.29, 1.82) is 0 Å². The molecule has 2 heterocycles. The molecule has 0 saturated carbocycles. The number of hydrogen-bond donors (Lipinski definition) is 1. The number of ether oxygens (including phenoxy) is 2. The molecule has 1 saturated heterocycles. The van der Waals surface area contributed by atoms with E-state index >= 15 is 0 Å². The molecule has 3 aromatic rings. The fourth-order valence-electron chi connectivity index (χ4n) is 3.83. The third-order valence-corrected chi connectivity index (χ3v) is 6.31. The van der Waals surface area contributed by atoms with E-state index in [-0.39, 0.29) is 17.7 Å². The first-order chi connectivity index (χ1) is 15.4. The van der Waals surface area contributed by atoms with Gasteiger partial charge in [-0.1, -0.05) is 17.4 Å². The summed E-state index contributed by atoms with van der Waals surface area (Å²) in [7, 11) is 3.04. The molecule has 2 aromatic carbocycles. The fourth-order valence-corrected chi connectivity index (χ4v) is 4.66. The van der Waals surface area contributed by atoms with Gasteiger partial charge in [-0.2, -0.15) is 0 Å². The molecule has 0 bridgehead atoms. The average molecular weight is 453 g/mol. The second-order valence-corrected chi connectivity index (χ2v) is 8.73. The molecule has 1 aliphatic heterocycles. The number of nitrogens with one attached hydrogen (secondary N) is 1. The van der Waals surface area contributed by atoms with E-state index in [1.165, 1.54) is 18.4 Å². The molecule has 4 rings (SSSR count). The summed E-state index contributed by atoms with van der Waals surface area (Å²) in [4.78, 5) is 27.2. The van der Waals surface area contributed by atoms with Crippen LogP contribution in [0.25, 0.3) is 0 Å². The summed E-state index contributed by atoms with van der Waals surface area (Å²) in [6.45, 7) is 4.58. The van der Waals surface area contributed by atoms with E-state index in [0.717, 1.165) is 21.8 Å². The van der Waals surface area contributed by atoms with Crippen molar-refractivity contribution in [2.45, 2.75) is 26.2 Å². The zero-order valence-electron chi connectivity index (χ0n) is 18.3. The molecule has 0 radical (unpaired) electrons. The maximum absolute atomic E-state index is 12.7. The Labute approximate surface area is 190 Å². The zero-order valence-corrected chi connectivity index (χ0v) is 19.2. The number of nitrogens with zero attached hydrogens (tertiary/aromatic N) is 3. The summed E-state index contributed by atoms with van der Waals surface area (Å²) in [5.41, 5.74) is 3.50. The fraction of sp³-hybridized carbons (Fsp3) is 0.304. The molecular weight excluding hydrogens is 428 g/mol. The van der Waals surface area contributed by atoms with Crippen molar-refractivity contribution in [3.8, 4) is 11.5 Å². The van der Waals surface area contributed by atoms with Gasteiger partial charge in [-0.15, -0.1) is 10.2 Å². The van der Waals surface area contributed by atoms with Gasteiger partial charge in [-0.25, -0.2) is 0 Å². The minimum Gasteiger partial charge on any atom is -0.497 e. The number of carbonyl (C=O) groups is 2. The highest BCUT2D eigenvalue weighted by molar-refractivity contribution is 7.15. The second-order valence-electron chi connectivity index (χ2n) is 7.72.